The molecule has 0 aromatic heterocycles. The maximum Gasteiger partial charge on any atom is 0.343 e. The normalized spacial score (nSPS) is 10.5. The van der Waals surface area contributed by atoms with Crippen LogP contribution in [0.5, 0.6) is 17.2 Å². The lowest BCUT2D eigenvalue weighted by Crippen LogP contribution is -2.29. The average molecular weight is 510 g/mol. The van der Waals surface area contributed by atoms with Gasteiger partial charge in [-0.1, -0.05) is 23.7 Å². The molecule has 0 radical (unpaired) electrons. The molecular formula is C26H24ClN3O6. The van der Waals surface area contributed by atoms with Crippen LogP contribution in [0.1, 0.15) is 32.7 Å². The predicted molar refractivity (Wildman–Crippen MR) is 135 cm³/mol. The minimum atomic E-state index is -0.550. The Kier molecular flexibility index (Phi) is 9.41. The molecular weight excluding hydrogens is 486 g/mol. The molecule has 0 aliphatic rings. The Hall–Kier alpha value is -4.37. The van der Waals surface area contributed by atoms with E-state index >= 15 is 0 Å². The minimum absolute atomic E-state index is 0.0402. The number of carbonyl (C=O) groups excluding carboxylic acids is 3. The van der Waals surface area contributed by atoms with Gasteiger partial charge in [0.05, 0.1) is 36.6 Å². The minimum Gasteiger partial charge on any atom is -0.493 e. The molecule has 3 aromatic carbocycles. The van der Waals surface area contributed by atoms with Crippen molar-refractivity contribution in [2.24, 2.45) is 5.10 Å². The molecule has 36 heavy (non-hydrogen) atoms. The SMILES string of the molecule is COc1ccc(C(=O)Oc2ccc(/C=N\NC(=O)CCNC(=O)c3ccccc3Cl)cc2)cc1OC. The van der Waals surface area contributed by atoms with Crippen molar-refractivity contribution in [2.45, 2.75) is 6.42 Å². The zero-order valence-corrected chi connectivity index (χ0v) is 20.4. The van der Waals surface area contributed by atoms with Gasteiger partial charge in [0.2, 0.25) is 5.91 Å². The quantitative estimate of drug-likeness (QED) is 0.186. The Bertz CT molecular complexity index is 1260. The molecule has 186 valence electrons. The third-order valence-electron chi connectivity index (χ3n) is 4.87. The summed E-state index contributed by atoms with van der Waals surface area (Å²) in [6.07, 6.45) is 1.48. The van der Waals surface area contributed by atoms with Gasteiger partial charge in [0.25, 0.3) is 5.91 Å². The van der Waals surface area contributed by atoms with Crippen LogP contribution >= 0.6 is 11.6 Å². The van der Waals surface area contributed by atoms with Crippen LogP contribution in [0.2, 0.25) is 5.02 Å². The van der Waals surface area contributed by atoms with Crippen molar-refractivity contribution in [2.75, 3.05) is 20.8 Å². The van der Waals surface area contributed by atoms with Crippen molar-refractivity contribution in [3.05, 3.63) is 88.4 Å². The second-order valence-electron chi connectivity index (χ2n) is 7.31. The predicted octanol–water partition coefficient (Wildman–Crippen LogP) is 3.85. The number of ether oxygens (including phenoxy) is 3. The molecule has 3 rings (SSSR count). The van der Waals surface area contributed by atoms with Crippen LogP contribution < -0.4 is 25.0 Å². The summed E-state index contributed by atoms with van der Waals surface area (Å²) < 4.78 is 15.7. The van der Waals surface area contributed by atoms with E-state index in [2.05, 4.69) is 15.8 Å². The molecule has 0 atom stereocenters. The Labute approximate surface area is 213 Å². The summed E-state index contributed by atoms with van der Waals surface area (Å²) in [5.74, 6) is -0.0124. The van der Waals surface area contributed by atoms with E-state index in [1.807, 2.05) is 0 Å². The molecule has 0 aliphatic heterocycles. The molecule has 2 amide bonds. The molecule has 0 saturated carbocycles. The van der Waals surface area contributed by atoms with E-state index in [1.165, 1.54) is 26.5 Å². The highest BCUT2D eigenvalue weighted by Crippen LogP contribution is 2.28. The van der Waals surface area contributed by atoms with Crippen LogP contribution in [-0.2, 0) is 4.79 Å². The average Bonchev–Trinajstić information content (AvgIpc) is 2.89. The van der Waals surface area contributed by atoms with E-state index < -0.39 is 5.97 Å². The Morgan fingerprint density at radius 3 is 2.36 bits per heavy atom. The first-order valence-electron chi connectivity index (χ1n) is 10.8. The van der Waals surface area contributed by atoms with E-state index in [-0.39, 0.29) is 24.8 Å². The van der Waals surface area contributed by atoms with Gasteiger partial charge in [0, 0.05) is 13.0 Å². The number of hydrogen-bond donors (Lipinski definition) is 2. The van der Waals surface area contributed by atoms with Crippen molar-refractivity contribution >= 4 is 35.6 Å². The molecule has 0 aliphatic carbocycles. The molecule has 0 fully saturated rings. The van der Waals surface area contributed by atoms with Gasteiger partial charge in [0.15, 0.2) is 11.5 Å². The van der Waals surface area contributed by atoms with E-state index in [0.29, 0.717) is 39.0 Å². The third-order valence-corrected chi connectivity index (χ3v) is 5.20. The largest absolute Gasteiger partial charge is 0.493 e. The van der Waals surface area contributed by atoms with Crippen molar-refractivity contribution in [1.82, 2.24) is 10.7 Å². The molecule has 3 aromatic rings. The lowest BCUT2D eigenvalue weighted by Gasteiger charge is -2.09. The van der Waals surface area contributed by atoms with Gasteiger partial charge >= 0.3 is 5.97 Å². The maximum absolute atomic E-state index is 12.4. The van der Waals surface area contributed by atoms with Crippen LogP contribution in [0.25, 0.3) is 0 Å². The fourth-order valence-electron chi connectivity index (χ4n) is 3.02. The van der Waals surface area contributed by atoms with Gasteiger partial charge in [-0.05, 0) is 60.2 Å². The van der Waals surface area contributed by atoms with Crippen LogP contribution in [0.15, 0.2) is 71.8 Å². The summed E-state index contributed by atoms with van der Waals surface area (Å²) in [6.45, 7) is 0.131. The van der Waals surface area contributed by atoms with Crippen LogP contribution in [0, 0.1) is 0 Å². The van der Waals surface area contributed by atoms with Crippen LogP contribution in [0.3, 0.4) is 0 Å². The highest BCUT2D eigenvalue weighted by Gasteiger charge is 2.13. The standard InChI is InChI=1S/C26H24ClN3O6/c1-34-22-12-9-18(15-23(22)35-2)26(33)36-19-10-7-17(8-11-19)16-29-30-24(31)13-14-28-25(32)20-5-3-4-6-21(20)27/h3-12,15-16H,13-14H2,1-2H3,(H,28,32)(H,30,31)/b29-16-. The third kappa shape index (κ3) is 7.31. The second kappa shape index (κ2) is 12.9. The number of rotatable bonds is 10. The van der Waals surface area contributed by atoms with Gasteiger partial charge in [-0.3, -0.25) is 9.59 Å². The Balaban J connectivity index is 1.44. The molecule has 0 bridgehead atoms. The zero-order chi connectivity index (χ0) is 25.9. The van der Waals surface area contributed by atoms with Gasteiger partial charge in [-0.15, -0.1) is 0 Å². The van der Waals surface area contributed by atoms with Gasteiger partial charge in [-0.25, -0.2) is 10.2 Å². The number of carbonyl (C=O) groups is 3. The summed E-state index contributed by atoms with van der Waals surface area (Å²) in [5.41, 5.74) is 3.72. The molecule has 2 N–H and O–H groups in total. The first-order valence-corrected chi connectivity index (χ1v) is 11.2. The summed E-state index contributed by atoms with van der Waals surface area (Å²) in [4.78, 5) is 36.4. The van der Waals surface area contributed by atoms with Crippen molar-refractivity contribution < 1.29 is 28.6 Å². The number of halogens is 1. The number of amides is 2. The Morgan fingerprint density at radius 1 is 0.944 bits per heavy atom. The van der Waals surface area contributed by atoms with Crippen LogP contribution in [0.4, 0.5) is 0 Å². The Morgan fingerprint density at radius 2 is 1.67 bits per heavy atom. The molecule has 0 unspecified atom stereocenters. The topological polar surface area (TPSA) is 115 Å². The fourth-order valence-corrected chi connectivity index (χ4v) is 3.24. The van der Waals surface area contributed by atoms with Gasteiger partial charge < -0.3 is 19.5 Å². The molecule has 9 nitrogen and oxygen atoms in total. The van der Waals surface area contributed by atoms with E-state index in [0.717, 1.165) is 0 Å². The summed E-state index contributed by atoms with van der Waals surface area (Å²) in [5, 5.41) is 6.87. The summed E-state index contributed by atoms with van der Waals surface area (Å²) >= 11 is 5.98. The molecule has 0 saturated heterocycles. The number of esters is 1. The fraction of sp³-hybridized carbons (Fsp3) is 0.154. The number of hydrogen-bond acceptors (Lipinski definition) is 7. The summed E-state index contributed by atoms with van der Waals surface area (Å²) in [6, 6.07) is 17.9. The van der Waals surface area contributed by atoms with Gasteiger partial charge in [0.1, 0.15) is 5.75 Å². The number of benzene rings is 3. The number of nitrogens with one attached hydrogen (secondary N) is 2. The zero-order valence-electron chi connectivity index (χ0n) is 19.6. The van der Waals surface area contributed by atoms with Crippen LogP contribution in [-0.4, -0.2) is 44.8 Å². The van der Waals surface area contributed by atoms with Crippen molar-refractivity contribution in [3.8, 4) is 17.2 Å². The van der Waals surface area contributed by atoms with Crippen molar-refractivity contribution in [3.63, 3.8) is 0 Å². The first-order chi connectivity index (χ1) is 17.4. The smallest absolute Gasteiger partial charge is 0.343 e. The molecule has 0 spiro atoms. The second-order valence-corrected chi connectivity index (χ2v) is 7.71. The first kappa shape index (κ1) is 26.2. The lowest BCUT2D eigenvalue weighted by molar-refractivity contribution is -0.120. The summed E-state index contributed by atoms with van der Waals surface area (Å²) in [7, 11) is 2.99. The lowest BCUT2D eigenvalue weighted by atomic mass is 10.2. The van der Waals surface area contributed by atoms with Gasteiger partial charge in [-0.2, -0.15) is 5.10 Å². The maximum atomic E-state index is 12.4. The number of methoxy groups -OCH3 is 2. The van der Waals surface area contributed by atoms with E-state index in [9.17, 15) is 14.4 Å². The molecule has 0 heterocycles. The highest BCUT2D eigenvalue weighted by molar-refractivity contribution is 6.33. The number of nitrogens with zero attached hydrogens (tertiary/aromatic N) is 1. The monoisotopic (exact) mass is 509 g/mol. The molecule has 10 heteroatoms. The van der Waals surface area contributed by atoms with E-state index in [1.54, 1.807) is 60.7 Å². The number of hydrazone groups is 1. The van der Waals surface area contributed by atoms with Crippen molar-refractivity contribution in [1.29, 1.82) is 0 Å². The van der Waals surface area contributed by atoms with E-state index in [4.69, 9.17) is 25.8 Å². The highest BCUT2D eigenvalue weighted by atomic mass is 35.5.